The van der Waals surface area contributed by atoms with E-state index in [4.69, 9.17) is 5.73 Å². The van der Waals surface area contributed by atoms with Crippen molar-refractivity contribution in [1.82, 2.24) is 4.72 Å². The maximum Gasteiger partial charge on any atom is 0.241 e. The van der Waals surface area contributed by atoms with Crippen LogP contribution in [-0.2, 0) is 16.6 Å². The average Bonchev–Trinajstić information content (AvgIpc) is 2.85. The van der Waals surface area contributed by atoms with Crippen molar-refractivity contribution in [2.75, 3.05) is 0 Å². The van der Waals surface area contributed by atoms with Gasteiger partial charge in [0.1, 0.15) is 0 Å². The minimum absolute atomic E-state index is 0.169. The van der Waals surface area contributed by atoms with Gasteiger partial charge < -0.3 is 5.73 Å². The molecule has 4 unspecified atom stereocenters. The van der Waals surface area contributed by atoms with Crippen molar-refractivity contribution in [2.24, 2.45) is 29.4 Å². The largest absolute Gasteiger partial charge is 0.326 e. The Morgan fingerprint density at radius 3 is 2.48 bits per heavy atom. The zero-order valence-corrected chi connectivity index (χ0v) is 14.0. The molecule has 0 heterocycles. The smallest absolute Gasteiger partial charge is 0.241 e. The van der Waals surface area contributed by atoms with E-state index in [0.717, 1.165) is 17.4 Å². The Morgan fingerprint density at radius 1 is 1.24 bits per heavy atom. The van der Waals surface area contributed by atoms with Crippen LogP contribution in [0.2, 0.25) is 0 Å². The van der Waals surface area contributed by atoms with Gasteiger partial charge in [-0.15, -0.1) is 0 Å². The molecule has 2 bridgehead atoms. The van der Waals surface area contributed by atoms with Gasteiger partial charge in [-0.3, -0.25) is 0 Å². The summed E-state index contributed by atoms with van der Waals surface area (Å²) in [4.78, 5) is 0.317. The summed E-state index contributed by atoms with van der Waals surface area (Å²) in [6.45, 7) is 0.405. The number of halogens is 1. The number of hydrogen-bond acceptors (Lipinski definition) is 3. The predicted octanol–water partition coefficient (Wildman–Crippen LogP) is 2.23. The molecule has 0 spiro atoms. The second-order valence-corrected chi connectivity index (χ2v) is 9.14. The molecule has 4 nitrogen and oxygen atoms in total. The maximum atomic E-state index is 12.6. The van der Waals surface area contributed by atoms with E-state index in [9.17, 15) is 8.42 Å². The molecule has 0 radical (unpaired) electrons. The molecule has 4 atom stereocenters. The highest BCUT2D eigenvalue weighted by Crippen LogP contribution is 2.65. The Balaban J connectivity index is 1.55. The van der Waals surface area contributed by atoms with Gasteiger partial charge in [0.2, 0.25) is 10.0 Å². The van der Waals surface area contributed by atoms with Gasteiger partial charge in [-0.2, -0.15) is 0 Å². The van der Waals surface area contributed by atoms with Crippen molar-refractivity contribution < 1.29 is 8.42 Å². The van der Waals surface area contributed by atoms with Crippen molar-refractivity contribution in [3.8, 4) is 0 Å². The van der Waals surface area contributed by atoms with Gasteiger partial charge in [0.15, 0.2) is 0 Å². The molecule has 4 rings (SSSR count). The van der Waals surface area contributed by atoms with Gasteiger partial charge in [0, 0.05) is 17.1 Å². The summed E-state index contributed by atoms with van der Waals surface area (Å²) in [6.07, 6.45) is 3.90. The van der Waals surface area contributed by atoms with E-state index in [1.807, 2.05) is 0 Å². The highest BCUT2D eigenvalue weighted by Gasteiger charge is 2.65. The molecular weight excluding hydrogens is 352 g/mol. The monoisotopic (exact) mass is 370 g/mol. The first-order chi connectivity index (χ1) is 10.0. The zero-order valence-electron chi connectivity index (χ0n) is 11.6. The molecule has 1 aromatic rings. The van der Waals surface area contributed by atoms with Crippen LogP contribution in [0.3, 0.4) is 0 Å². The Kier molecular flexibility index (Phi) is 3.23. The lowest BCUT2D eigenvalue weighted by Gasteiger charge is -2.13. The predicted molar refractivity (Wildman–Crippen MR) is 84.0 cm³/mol. The van der Waals surface area contributed by atoms with Crippen LogP contribution < -0.4 is 10.5 Å². The van der Waals surface area contributed by atoms with E-state index in [-0.39, 0.29) is 6.04 Å². The van der Waals surface area contributed by atoms with Gasteiger partial charge in [0.25, 0.3) is 0 Å². The number of rotatable bonds is 4. The highest BCUT2D eigenvalue weighted by molar-refractivity contribution is 9.10. The van der Waals surface area contributed by atoms with Crippen molar-refractivity contribution in [2.45, 2.75) is 36.7 Å². The first kappa shape index (κ1) is 14.2. The van der Waals surface area contributed by atoms with E-state index in [1.54, 1.807) is 18.2 Å². The van der Waals surface area contributed by atoms with Crippen LogP contribution in [0.4, 0.5) is 0 Å². The van der Waals surface area contributed by atoms with Gasteiger partial charge in [-0.25, -0.2) is 13.1 Å². The Labute approximate surface area is 133 Å². The molecule has 0 aliphatic heterocycles. The number of nitrogens with one attached hydrogen (secondary N) is 1. The van der Waals surface area contributed by atoms with Crippen molar-refractivity contribution in [1.29, 1.82) is 0 Å². The van der Waals surface area contributed by atoms with Gasteiger partial charge in [0.05, 0.1) is 4.90 Å². The minimum atomic E-state index is -3.45. The average molecular weight is 371 g/mol. The maximum absolute atomic E-state index is 12.6. The van der Waals surface area contributed by atoms with Crippen LogP contribution in [0.25, 0.3) is 0 Å². The summed E-state index contributed by atoms with van der Waals surface area (Å²) >= 11 is 3.36. The van der Waals surface area contributed by atoms with Crippen LogP contribution in [0.1, 0.15) is 24.8 Å². The first-order valence-electron chi connectivity index (χ1n) is 7.52. The highest BCUT2D eigenvalue weighted by atomic mass is 79.9. The Morgan fingerprint density at radius 2 is 1.90 bits per heavy atom. The van der Waals surface area contributed by atoms with Crippen molar-refractivity contribution >= 4 is 26.0 Å². The normalized spacial score (nSPS) is 36.8. The lowest BCUT2D eigenvalue weighted by Crippen LogP contribution is -2.30. The molecule has 21 heavy (non-hydrogen) atoms. The molecule has 3 aliphatic rings. The molecule has 0 saturated heterocycles. The van der Waals surface area contributed by atoms with Crippen molar-refractivity contribution in [3.05, 3.63) is 28.2 Å². The Bertz CT molecular complexity index is 675. The quantitative estimate of drug-likeness (QED) is 0.853. The molecule has 114 valence electrons. The third kappa shape index (κ3) is 2.19. The van der Waals surface area contributed by atoms with E-state index < -0.39 is 10.0 Å². The van der Waals surface area contributed by atoms with Gasteiger partial charge in [-0.05, 0) is 76.6 Å². The lowest BCUT2D eigenvalue weighted by atomic mass is 10.0. The molecular formula is C15H19BrN2O2S. The summed E-state index contributed by atoms with van der Waals surface area (Å²) in [5.74, 6) is 2.72. The first-order valence-corrected chi connectivity index (χ1v) is 9.79. The van der Waals surface area contributed by atoms with Crippen LogP contribution in [-0.4, -0.2) is 14.5 Å². The van der Waals surface area contributed by atoms with E-state index >= 15 is 0 Å². The fourth-order valence-corrected chi connectivity index (χ4v) is 7.04. The summed E-state index contributed by atoms with van der Waals surface area (Å²) in [7, 11) is -3.45. The third-order valence-corrected chi connectivity index (χ3v) is 7.98. The Hall–Kier alpha value is -0.430. The molecule has 3 saturated carbocycles. The summed E-state index contributed by atoms with van der Waals surface area (Å²) in [6, 6.07) is 5.37. The second kappa shape index (κ2) is 4.78. The van der Waals surface area contributed by atoms with Crippen LogP contribution in [0, 0.1) is 23.7 Å². The zero-order chi connectivity index (χ0) is 14.8. The fraction of sp³-hybridized carbons (Fsp3) is 0.600. The minimum Gasteiger partial charge on any atom is -0.326 e. The number of fused-ring (bicyclic) bond motifs is 5. The van der Waals surface area contributed by atoms with Gasteiger partial charge in [-0.1, -0.05) is 6.07 Å². The van der Waals surface area contributed by atoms with Crippen molar-refractivity contribution in [3.63, 3.8) is 0 Å². The topological polar surface area (TPSA) is 72.2 Å². The molecule has 1 aromatic carbocycles. The summed E-state index contributed by atoms with van der Waals surface area (Å²) < 4.78 is 28.7. The molecule has 6 heteroatoms. The third-order valence-electron chi connectivity index (χ3n) is 5.55. The molecule has 3 aliphatic carbocycles. The number of hydrogen-bond donors (Lipinski definition) is 2. The fourth-order valence-electron chi connectivity index (χ4n) is 4.62. The SMILES string of the molecule is NCc1ccc(S(=O)(=O)NC2C3C4CCC(C4)C23)c(Br)c1. The molecule has 3 N–H and O–H groups in total. The van der Waals surface area contributed by atoms with E-state index in [1.165, 1.54) is 19.3 Å². The van der Waals surface area contributed by atoms with E-state index in [0.29, 0.717) is 27.7 Å². The second-order valence-electron chi connectivity index (χ2n) is 6.60. The van der Waals surface area contributed by atoms with Crippen LogP contribution in [0.5, 0.6) is 0 Å². The number of benzene rings is 1. The number of nitrogens with two attached hydrogens (primary N) is 1. The summed E-state index contributed by atoms with van der Waals surface area (Å²) in [5, 5.41) is 0. The summed E-state index contributed by atoms with van der Waals surface area (Å²) in [5.41, 5.74) is 6.50. The standard InChI is InChI=1S/C15H19BrN2O2S/c16-11-5-8(7-17)1-4-12(11)21(19,20)18-15-13-9-2-3-10(6-9)14(13)15/h1,4-5,9-10,13-15,18H,2-3,6-7,17H2. The molecule has 0 aromatic heterocycles. The number of sulfonamides is 1. The molecule has 3 fully saturated rings. The lowest BCUT2D eigenvalue weighted by molar-refractivity contribution is 0.456. The van der Waals surface area contributed by atoms with Gasteiger partial charge >= 0.3 is 0 Å². The van der Waals surface area contributed by atoms with E-state index in [2.05, 4.69) is 20.7 Å². The van der Waals surface area contributed by atoms with Crippen LogP contribution in [0.15, 0.2) is 27.6 Å². The van der Waals surface area contributed by atoms with Crippen LogP contribution >= 0.6 is 15.9 Å². The molecule has 0 amide bonds.